The van der Waals surface area contributed by atoms with E-state index < -0.39 is 0 Å². The maximum atomic E-state index is 5.94. The molecule has 0 spiro atoms. The van der Waals surface area contributed by atoms with Gasteiger partial charge in [0.25, 0.3) is 0 Å². The summed E-state index contributed by atoms with van der Waals surface area (Å²) in [5.74, 6) is 0.743. The molecule has 0 aromatic heterocycles. The van der Waals surface area contributed by atoms with Gasteiger partial charge in [0.15, 0.2) is 5.96 Å². The highest BCUT2D eigenvalue weighted by Gasteiger charge is 2.24. The number of hydrogen-bond donors (Lipinski definition) is 1. The monoisotopic (exact) mass is 211 g/mol. The van der Waals surface area contributed by atoms with Gasteiger partial charge in [0.1, 0.15) is 0 Å². The summed E-state index contributed by atoms with van der Waals surface area (Å²) in [6, 6.07) is 0.523. The maximum absolute atomic E-state index is 5.94. The zero-order valence-electron chi connectivity index (χ0n) is 9.48. The van der Waals surface area contributed by atoms with Crippen molar-refractivity contribution in [3.05, 3.63) is 0 Å². The molecule has 2 rings (SSSR count). The normalized spacial score (nSPS) is 24.6. The van der Waals surface area contributed by atoms with Crippen molar-refractivity contribution in [3.63, 3.8) is 0 Å². The standard InChI is InChI=1S/C11H21N3O/c1-2-15-10-5-7-14(8-6-10)11(12)13-9-3-4-9/h9-10H,2-8H2,1H3,(H2,12,13). The van der Waals surface area contributed by atoms with Crippen LogP contribution in [0, 0.1) is 0 Å². The zero-order valence-corrected chi connectivity index (χ0v) is 9.48. The van der Waals surface area contributed by atoms with Gasteiger partial charge in [0, 0.05) is 19.7 Å². The first-order chi connectivity index (χ1) is 7.29. The smallest absolute Gasteiger partial charge is 0.191 e. The summed E-state index contributed by atoms with van der Waals surface area (Å²) in [6.45, 7) is 4.85. The molecule has 4 nitrogen and oxygen atoms in total. The number of nitrogens with zero attached hydrogens (tertiary/aromatic N) is 2. The molecule has 1 saturated carbocycles. The van der Waals surface area contributed by atoms with E-state index in [0.717, 1.165) is 38.5 Å². The van der Waals surface area contributed by atoms with Crippen LogP contribution in [0.15, 0.2) is 4.99 Å². The third-order valence-electron chi connectivity index (χ3n) is 3.03. The molecule has 2 N–H and O–H groups in total. The van der Waals surface area contributed by atoms with Crippen LogP contribution in [-0.2, 0) is 4.74 Å². The first-order valence-corrected chi connectivity index (χ1v) is 5.99. The van der Waals surface area contributed by atoms with E-state index in [2.05, 4.69) is 16.8 Å². The Balaban J connectivity index is 1.76. The van der Waals surface area contributed by atoms with E-state index in [-0.39, 0.29) is 0 Å². The molecule has 0 aromatic rings. The second-order valence-corrected chi connectivity index (χ2v) is 4.36. The van der Waals surface area contributed by atoms with Gasteiger partial charge in [-0.1, -0.05) is 0 Å². The first kappa shape index (κ1) is 10.7. The van der Waals surface area contributed by atoms with E-state index in [9.17, 15) is 0 Å². The highest BCUT2D eigenvalue weighted by atomic mass is 16.5. The number of likely N-dealkylation sites (tertiary alicyclic amines) is 1. The van der Waals surface area contributed by atoms with E-state index >= 15 is 0 Å². The van der Waals surface area contributed by atoms with Crippen LogP contribution in [0.3, 0.4) is 0 Å². The number of nitrogens with two attached hydrogens (primary N) is 1. The summed E-state index contributed by atoms with van der Waals surface area (Å²) in [5, 5.41) is 0. The first-order valence-electron chi connectivity index (χ1n) is 5.99. The maximum Gasteiger partial charge on any atom is 0.191 e. The van der Waals surface area contributed by atoms with Crippen molar-refractivity contribution < 1.29 is 4.74 Å². The van der Waals surface area contributed by atoms with Crippen molar-refractivity contribution in [3.8, 4) is 0 Å². The zero-order chi connectivity index (χ0) is 10.7. The number of ether oxygens (including phenoxy) is 1. The Morgan fingerprint density at radius 3 is 2.53 bits per heavy atom. The molecule has 1 saturated heterocycles. The minimum Gasteiger partial charge on any atom is -0.378 e. The predicted octanol–water partition coefficient (Wildman–Crippen LogP) is 0.964. The van der Waals surface area contributed by atoms with Gasteiger partial charge in [0.05, 0.1) is 12.1 Å². The minimum atomic E-state index is 0.431. The second kappa shape index (κ2) is 4.84. The van der Waals surface area contributed by atoms with E-state index in [1.165, 1.54) is 12.8 Å². The molecule has 86 valence electrons. The molecule has 2 aliphatic rings. The number of rotatable bonds is 3. The van der Waals surface area contributed by atoms with E-state index in [1.54, 1.807) is 0 Å². The van der Waals surface area contributed by atoms with Crippen molar-refractivity contribution in [2.24, 2.45) is 10.7 Å². The summed E-state index contributed by atoms with van der Waals surface area (Å²) in [5.41, 5.74) is 5.94. The average Bonchev–Trinajstić information content (AvgIpc) is 3.03. The van der Waals surface area contributed by atoms with Crippen LogP contribution in [0.5, 0.6) is 0 Å². The Morgan fingerprint density at radius 2 is 2.00 bits per heavy atom. The second-order valence-electron chi connectivity index (χ2n) is 4.36. The lowest BCUT2D eigenvalue weighted by Crippen LogP contribution is -2.44. The van der Waals surface area contributed by atoms with Crippen molar-refractivity contribution in [1.29, 1.82) is 0 Å². The molecule has 15 heavy (non-hydrogen) atoms. The summed E-state index contributed by atoms with van der Waals surface area (Å²) in [6.07, 6.45) is 5.02. The average molecular weight is 211 g/mol. The summed E-state index contributed by atoms with van der Waals surface area (Å²) < 4.78 is 5.60. The fourth-order valence-electron chi connectivity index (χ4n) is 1.96. The number of guanidine groups is 1. The van der Waals surface area contributed by atoms with Crippen LogP contribution in [0.1, 0.15) is 32.6 Å². The van der Waals surface area contributed by atoms with Crippen molar-refractivity contribution >= 4 is 5.96 Å². The van der Waals surface area contributed by atoms with Gasteiger partial charge in [-0.2, -0.15) is 0 Å². The minimum absolute atomic E-state index is 0.431. The lowest BCUT2D eigenvalue weighted by Gasteiger charge is -2.32. The van der Waals surface area contributed by atoms with Gasteiger partial charge >= 0.3 is 0 Å². The van der Waals surface area contributed by atoms with Gasteiger partial charge in [-0.3, -0.25) is 0 Å². The van der Waals surface area contributed by atoms with Crippen LogP contribution in [0.2, 0.25) is 0 Å². The van der Waals surface area contributed by atoms with Gasteiger partial charge in [-0.15, -0.1) is 0 Å². The molecule has 0 atom stereocenters. The third-order valence-corrected chi connectivity index (χ3v) is 3.03. The molecule has 0 bridgehead atoms. The largest absolute Gasteiger partial charge is 0.378 e. The Bertz CT molecular complexity index is 230. The number of piperidine rings is 1. The number of aliphatic imine (C=N–C) groups is 1. The summed E-state index contributed by atoms with van der Waals surface area (Å²) in [7, 11) is 0. The molecular weight excluding hydrogens is 190 g/mol. The number of hydrogen-bond acceptors (Lipinski definition) is 2. The van der Waals surface area contributed by atoms with Crippen LogP contribution in [-0.4, -0.2) is 42.7 Å². The highest BCUT2D eigenvalue weighted by Crippen LogP contribution is 2.24. The Morgan fingerprint density at radius 1 is 1.33 bits per heavy atom. The Hall–Kier alpha value is -0.770. The van der Waals surface area contributed by atoms with Crippen molar-refractivity contribution in [1.82, 2.24) is 4.90 Å². The topological polar surface area (TPSA) is 50.9 Å². The van der Waals surface area contributed by atoms with Gasteiger partial charge in [0.2, 0.25) is 0 Å². The van der Waals surface area contributed by atoms with Crippen molar-refractivity contribution in [2.45, 2.75) is 44.8 Å². The Kier molecular flexibility index (Phi) is 3.46. The van der Waals surface area contributed by atoms with Gasteiger partial charge in [-0.05, 0) is 32.6 Å². The van der Waals surface area contributed by atoms with Gasteiger partial charge in [-0.25, -0.2) is 4.99 Å². The van der Waals surface area contributed by atoms with Crippen LogP contribution in [0.4, 0.5) is 0 Å². The van der Waals surface area contributed by atoms with Crippen LogP contribution >= 0.6 is 0 Å². The molecular formula is C11H21N3O. The van der Waals surface area contributed by atoms with Crippen LogP contribution < -0.4 is 5.73 Å². The Labute approximate surface area is 91.5 Å². The molecule has 0 aromatic carbocycles. The highest BCUT2D eigenvalue weighted by molar-refractivity contribution is 5.78. The van der Waals surface area contributed by atoms with Gasteiger partial charge < -0.3 is 15.4 Å². The van der Waals surface area contributed by atoms with E-state index in [1.807, 2.05) is 0 Å². The lowest BCUT2D eigenvalue weighted by molar-refractivity contribution is 0.0267. The molecule has 0 amide bonds. The molecule has 1 heterocycles. The van der Waals surface area contributed by atoms with E-state index in [0.29, 0.717) is 12.1 Å². The molecule has 1 aliphatic heterocycles. The molecule has 2 fully saturated rings. The van der Waals surface area contributed by atoms with E-state index in [4.69, 9.17) is 10.5 Å². The predicted molar refractivity (Wildman–Crippen MR) is 60.9 cm³/mol. The molecule has 0 unspecified atom stereocenters. The van der Waals surface area contributed by atoms with Crippen LogP contribution in [0.25, 0.3) is 0 Å². The molecule has 1 aliphatic carbocycles. The SMILES string of the molecule is CCOC1CCN(C(N)=NC2CC2)CC1. The lowest BCUT2D eigenvalue weighted by atomic mass is 10.1. The molecule has 4 heteroatoms. The summed E-state index contributed by atoms with van der Waals surface area (Å²) in [4.78, 5) is 6.65. The fraction of sp³-hybridized carbons (Fsp3) is 0.909. The third kappa shape index (κ3) is 3.09. The molecule has 0 radical (unpaired) electrons. The summed E-state index contributed by atoms with van der Waals surface area (Å²) >= 11 is 0. The fourth-order valence-corrected chi connectivity index (χ4v) is 1.96. The van der Waals surface area contributed by atoms with Crippen molar-refractivity contribution in [2.75, 3.05) is 19.7 Å². The quantitative estimate of drug-likeness (QED) is 0.559.